The highest BCUT2D eigenvalue weighted by Gasteiger charge is 2.27. The molecule has 49 heavy (non-hydrogen) atoms. The number of aromatic nitrogens is 1. The van der Waals surface area contributed by atoms with Gasteiger partial charge < -0.3 is 9.73 Å². The molecule has 0 amide bonds. The molecule has 7 aromatic carbocycles. The van der Waals surface area contributed by atoms with Crippen LogP contribution >= 0.6 is 0 Å². The lowest BCUT2D eigenvalue weighted by molar-refractivity contribution is 0.411. The molecule has 2 N–H and O–H groups in total. The van der Waals surface area contributed by atoms with Crippen molar-refractivity contribution in [1.82, 2.24) is 15.6 Å². The second kappa shape index (κ2) is 11.2. The third-order valence-corrected chi connectivity index (χ3v) is 9.78. The van der Waals surface area contributed by atoms with Crippen molar-refractivity contribution in [2.75, 3.05) is 0 Å². The quantitative estimate of drug-likeness (QED) is 0.203. The zero-order chi connectivity index (χ0) is 32.3. The Labute approximate surface area is 282 Å². The minimum Gasteiger partial charge on any atom is -0.456 e. The van der Waals surface area contributed by atoms with Gasteiger partial charge in [0.15, 0.2) is 0 Å². The van der Waals surface area contributed by atoms with E-state index in [1.54, 1.807) is 0 Å². The molecule has 0 fully saturated rings. The number of aliphatic imine (C=N–C) groups is 1. The molecule has 0 aliphatic carbocycles. The van der Waals surface area contributed by atoms with E-state index in [4.69, 9.17) is 9.41 Å². The Kier molecular flexibility index (Phi) is 6.32. The van der Waals surface area contributed by atoms with Crippen LogP contribution in [-0.4, -0.2) is 10.8 Å². The average Bonchev–Trinajstić information content (AvgIpc) is 3.54. The van der Waals surface area contributed by atoms with Crippen molar-refractivity contribution in [2.24, 2.45) is 4.99 Å². The van der Waals surface area contributed by atoms with Gasteiger partial charge in [0.1, 0.15) is 29.3 Å². The van der Waals surface area contributed by atoms with Crippen molar-refractivity contribution in [3.05, 3.63) is 175 Å². The Bertz CT molecular complexity index is 2750. The summed E-state index contributed by atoms with van der Waals surface area (Å²) in [6, 6.07) is 53.4. The molecule has 5 heteroatoms. The maximum absolute atomic E-state index is 6.41. The first-order valence-corrected chi connectivity index (χ1v) is 16.6. The van der Waals surface area contributed by atoms with E-state index in [0.717, 1.165) is 66.5 Å². The summed E-state index contributed by atoms with van der Waals surface area (Å²) in [5.74, 6) is 0.868. The van der Waals surface area contributed by atoms with E-state index in [0.29, 0.717) is 0 Å². The molecular weight excluding hydrogens is 601 g/mol. The molecule has 1 aliphatic rings. The third-order valence-electron chi connectivity index (χ3n) is 9.78. The Morgan fingerprint density at radius 3 is 2.29 bits per heavy atom. The maximum Gasteiger partial charge on any atom is 0.137 e. The molecule has 0 bridgehead atoms. The van der Waals surface area contributed by atoms with Crippen LogP contribution in [0.5, 0.6) is 0 Å². The van der Waals surface area contributed by atoms with Crippen molar-refractivity contribution in [1.29, 1.82) is 0 Å². The highest BCUT2D eigenvalue weighted by Crippen LogP contribution is 2.41. The first kappa shape index (κ1) is 27.8. The van der Waals surface area contributed by atoms with Crippen molar-refractivity contribution in [2.45, 2.75) is 12.3 Å². The molecule has 3 heterocycles. The molecule has 1 aliphatic heterocycles. The summed E-state index contributed by atoms with van der Waals surface area (Å²) < 4.78 is 6.41. The molecule has 5 nitrogen and oxygen atoms in total. The van der Waals surface area contributed by atoms with Crippen molar-refractivity contribution in [3.63, 3.8) is 0 Å². The van der Waals surface area contributed by atoms with Crippen LogP contribution in [0.4, 0.5) is 0 Å². The van der Waals surface area contributed by atoms with Crippen LogP contribution in [0, 0.1) is 0 Å². The number of pyridine rings is 1. The van der Waals surface area contributed by atoms with Gasteiger partial charge in [-0.2, -0.15) is 0 Å². The fraction of sp³-hybridized carbons (Fsp3) is 0.0455. The summed E-state index contributed by atoms with van der Waals surface area (Å²) in [6.07, 6.45) is 1.40. The van der Waals surface area contributed by atoms with E-state index in [2.05, 4.69) is 149 Å². The largest absolute Gasteiger partial charge is 0.456 e. The smallest absolute Gasteiger partial charge is 0.137 e. The van der Waals surface area contributed by atoms with Crippen LogP contribution < -0.4 is 10.6 Å². The van der Waals surface area contributed by atoms with Gasteiger partial charge in [0.25, 0.3) is 0 Å². The molecule has 0 saturated carbocycles. The first-order valence-electron chi connectivity index (χ1n) is 16.6. The summed E-state index contributed by atoms with van der Waals surface area (Å²) >= 11 is 0. The number of hydrogen-bond acceptors (Lipinski definition) is 5. The van der Waals surface area contributed by atoms with Crippen LogP contribution in [0.1, 0.15) is 29.0 Å². The summed E-state index contributed by atoms with van der Waals surface area (Å²) in [5, 5.41) is 15.7. The zero-order valence-electron chi connectivity index (χ0n) is 26.5. The molecule has 0 spiro atoms. The van der Waals surface area contributed by atoms with E-state index >= 15 is 0 Å². The minimum absolute atomic E-state index is 0.187. The van der Waals surface area contributed by atoms with Crippen LogP contribution in [0.25, 0.3) is 65.5 Å². The van der Waals surface area contributed by atoms with Crippen molar-refractivity contribution >= 4 is 60.2 Å². The number of nitrogens with one attached hydrogen (secondary N) is 2. The second-order valence-electron chi connectivity index (χ2n) is 12.7. The number of benzene rings is 7. The van der Waals surface area contributed by atoms with Crippen LogP contribution in [-0.2, 0) is 0 Å². The molecule has 9 aromatic rings. The summed E-state index contributed by atoms with van der Waals surface area (Å²) in [5.41, 5.74) is 8.30. The van der Waals surface area contributed by atoms with Crippen LogP contribution in [0.3, 0.4) is 0 Å². The molecule has 2 unspecified atom stereocenters. The van der Waals surface area contributed by atoms with Gasteiger partial charge in [-0.05, 0) is 68.1 Å². The highest BCUT2D eigenvalue weighted by atomic mass is 16.3. The van der Waals surface area contributed by atoms with E-state index in [9.17, 15) is 0 Å². The van der Waals surface area contributed by atoms with E-state index in [1.807, 2.05) is 24.4 Å². The molecule has 232 valence electrons. The van der Waals surface area contributed by atoms with Gasteiger partial charge in [-0.15, -0.1) is 0 Å². The van der Waals surface area contributed by atoms with Gasteiger partial charge in [0, 0.05) is 34.0 Å². The van der Waals surface area contributed by atoms with Crippen molar-refractivity contribution < 1.29 is 4.42 Å². The second-order valence-corrected chi connectivity index (χ2v) is 12.7. The summed E-state index contributed by atoms with van der Waals surface area (Å²) in [4.78, 5) is 9.77. The van der Waals surface area contributed by atoms with Crippen LogP contribution in [0.15, 0.2) is 167 Å². The Balaban J connectivity index is 1.12. The average molecular weight is 631 g/mol. The van der Waals surface area contributed by atoms with Gasteiger partial charge in [-0.25, -0.2) is 4.99 Å². The highest BCUT2D eigenvalue weighted by molar-refractivity contribution is 6.17. The zero-order valence-corrected chi connectivity index (χ0v) is 26.5. The lowest BCUT2D eigenvalue weighted by atomic mass is 9.92. The molecule has 2 aromatic heterocycles. The van der Waals surface area contributed by atoms with E-state index < -0.39 is 0 Å². The number of furan rings is 1. The van der Waals surface area contributed by atoms with Gasteiger partial charge in [0.2, 0.25) is 0 Å². The normalized spacial score (nSPS) is 16.4. The standard InChI is InChI=1S/C44H30N4O/c1-2-11-28(12-3-1)42-46-43(31-22-21-27-10-4-5-13-29(27)24-31)48-44(47-42)36-19-7-15-32-33(16-6-17-34(32)36)35-18-8-20-39-41(35)37-25-30-14-9-23-45-38(30)26-40(37)49-39/h1-26,43-44,48H,(H,46,47). The predicted octanol–water partition coefficient (Wildman–Crippen LogP) is 10.4. The van der Waals surface area contributed by atoms with Crippen molar-refractivity contribution in [3.8, 4) is 11.1 Å². The maximum atomic E-state index is 6.41. The minimum atomic E-state index is -0.236. The summed E-state index contributed by atoms with van der Waals surface area (Å²) in [6.45, 7) is 0. The number of amidine groups is 1. The molecular formula is C44H30N4O. The number of rotatable bonds is 4. The first-order chi connectivity index (χ1) is 24.3. The monoisotopic (exact) mass is 630 g/mol. The third kappa shape index (κ3) is 4.66. The lowest BCUT2D eigenvalue weighted by Gasteiger charge is -2.33. The van der Waals surface area contributed by atoms with Gasteiger partial charge in [-0.3, -0.25) is 10.3 Å². The Morgan fingerprint density at radius 1 is 0.551 bits per heavy atom. The number of fused-ring (bicyclic) bond motifs is 6. The number of nitrogens with zero attached hydrogens (tertiary/aromatic N) is 2. The van der Waals surface area contributed by atoms with Crippen LogP contribution in [0.2, 0.25) is 0 Å². The van der Waals surface area contributed by atoms with E-state index in [1.165, 1.54) is 21.5 Å². The van der Waals surface area contributed by atoms with Gasteiger partial charge in [-0.1, -0.05) is 121 Å². The van der Waals surface area contributed by atoms with Gasteiger partial charge in [0.05, 0.1) is 5.52 Å². The number of hydrogen-bond donors (Lipinski definition) is 2. The Morgan fingerprint density at radius 2 is 1.35 bits per heavy atom. The van der Waals surface area contributed by atoms with Gasteiger partial charge >= 0.3 is 0 Å². The fourth-order valence-corrected chi connectivity index (χ4v) is 7.45. The SMILES string of the molecule is c1ccc(C2=NC(c3ccc4ccccc4c3)NC(c3cccc4c(-c5cccc6oc7cc8ncccc8cc7c56)cccc34)N2)cc1. The summed E-state index contributed by atoms with van der Waals surface area (Å²) in [7, 11) is 0. The lowest BCUT2D eigenvalue weighted by Crippen LogP contribution is -2.45. The van der Waals surface area contributed by atoms with E-state index in [-0.39, 0.29) is 12.3 Å². The fourth-order valence-electron chi connectivity index (χ4n) is 7.45. The predicted molar refractivity (Wildman–Crippen MR) is 201 cm³/mol. The molecule has 0 saturated heterocycles. The molecule has 10 rings (SSSR count). The molecule has 2 atom stereocenters. The topological polar surface area (TPSA) is 62.5 Å². The Hall–Kier alpha value is -6.30. The molecule has 0 radical (unpaired) electrons.